The molecule has 0 amide bonds. The molecule has 2 heteroatoms. The lowest BCUT2D eigenvalue weighted by Crippen LogP contribution is -2.52. The van der Waals surface area contributed by atoms with Gasteiger partial charge in [-0.05, 0) is 97.1 Å². The van der Waals surface area contributed by atoms with E-state index >= 15 is 0 Å². The number of thiophene rings is 1. The molecular formula is C24H32OS. The fourth-order valence-electron chi connectivity index (χ4n) is 7.64. The largest absolute Gasteiger partial charge is 0.294 e. The Kier molecular flexibility index (Phi) is 4.01. The molecule has 4 aliphatic rings. The summed E-state index contributed by atoms with van der Waals surface area (Å²) in [4.78, 5) is 14.6. The van der Waals surface area contributed by atoms with E-state index in [1.165, 1.54) is 49.8 Å². The van der Waals surface area contributed by atoms with Gasteiger partial charge in [0.15, 0.2) is 5.78 Å². The van der Waals surface area contributed by atoms with Gasteiger partial charge in [-0.2, -0.15) is 0 Å². The summed E-state index contributed by atoms with van der Waals surface area (Å²) in [5.41, 5.74) is 1.60. The Morgan fingerprint density at radius 1 is 1.08 bits per heavy atom. The minimum atomic E-state index is -0.0812. The van der Waals surface area contributed by atoms with E-state index in [0.29, 0.717) is 17.1 Å². The van der Waals surface area contributed by atoms with Crippen LogP contribution in [0.2, 0.25) is 0 Å². The van der Waals surface area contributed by atoms with Gasteiger partial charge in [-0.1, -0.05) is 32.8 Å². The molecule has 0 N–H and O–H groups in total. The van der Waals surface area contributed by atoms with Crippen molar-refractivity contribution in [3.05, 3.63) is 28.0 Å². The molecule has 0 bridgehead atoms. The summed E-state index contributed by atoms with van der Waals surface area (Å²) >= 11 is 1.75. The molecule has 0 spiro atoms. The van der Waals surface area contributed by atoms with Crippen LogP contribution in [0.4, 0.5) is 0 Å². The van der Waals surface area contributed by atoms with Gasteiger partial charge >= 0.3 is 0 Å². The van der Waals surface area contributed by atoms with Gasteiger partial charge in [0, 0.05) is 10.3 Å². The Morgan fingerprint density at radius 2 is 1.96 bits per heavy atom. The van der Waals surface area contributed by atoms with Crippen LogP contribution in [0.15, 0.2) is 23.1 Å². The molecule has 5 rings (SSSR count). The summed E-state index contributed by atoms with van der Waals surface area (Å²) < 4.78 is 0. The van der Waals surface area contributed by atoms with Crippen LogP contribution in [-0.2, 0) is 4.79 Å². The molecule has 0 aliphatic heterocycles. The SMILES string of the molecule is C[C@]12CCC3C(CC[C@H]4CCCC[C@]34C)C1CC(=Cc1cccs1)C2=O. The van der Waals surface area contributed by atoms with E-state index in [2.05, 4.69) is 37.4 Å². The summed E-state index contributed by atoms with van der Waals surface area (Å²) in [6, 6.07) is 4.23. The number of ketones is 1. The molecule has 0 saturated heterocycles. The van der Waals surface area contributed by atoms with Crippen molar-refractivity contribution in [1.29, 1.82) is 0 Å². The van der Waals surface area contributed by atoms with E-state index in [-0.39, 0.29) is 5.41 Å². The number of Topliss-reactive ketones (excluding diaryl/α,β-unsaturated/α-hetero) is 1. The van der Waals surface area contributed by atoms with Crippen LogP contribution < -0.4 is 0 Å². The highest BCUT2D eigenvalue weighted by Gasteiger charge is 2.60. The van der Waals surface area contributed by atoms with Crippen molar-refractivity contribution in [2.45, 2.75) is 71.6 Å². The molecule has 1 heterocycles. The standard InChI is InChI=1S/C24H32OS/c1-23-11-4-3-6-17(23)8-9-19-20(23)10-12-24(2)21(19)15-16(22(24)25)14-18-7-5-13-26-18/h5,7,13-14,17,19-21H,3-4,6,8-12,15H2,1-2H3/t17-,19?,20?,21?,23+,24+/m1/s1. The average molecular weight is 369 g/mol. The van der Waals surface area contributed by atoms with E-state index < -0.39 is 0 Å². The topological polar surface area (TPSA) is 17.1 Å². The lowest BCUT2D eigenvalue weighted by Gasteiger charge is -2.59. The minimum absolute atomic E-state index is 0.0812. The second-order valence-electron chi connectivity index (χ2n) is 10.1. The average Bonchev–Trinajstić information content (AvgIpc) is 3.23. The smallest absolute Gasteiger partial charge is 0.165 e. The number of carbonyl (C=O) groups is 1. The van der Waals surface area contributed by atoms with Crippen molar-refractivity contribution < 1.29 is 4.79 Å². The van der Waals surface area contributed by atoms with Crippen LogP contribution in [0.5, 0.6) is 0 Å². The fourth-order valence-corrected chi connectivity index (χ4v) is 8.32. The van der Waals surface area contributed by atoms with Gasteiger partial charge in [-0.15, -0.1) is 11.3 Å². The Hall–Kier alpha value is -0.890. The number of allylic oxidation sites excluding steroid dienone is 1. The maximum Gasteiger partial charge on any atom is 0.165 e. The third-order valence-electron chi connectivity index (χ3n) is 9.08. The molecular weight excluding hydrogens is 336 g/mol. The van der Waals surface area contributed by atoms with Gasteiger partial charge in [-0.25, -0.2) is 0 Å². The van der Waals surface area contributed by atoms with Crippen molar-refractivity contribution in [3.63, 3.8) is 0 Å². The van der Waals surface area contributed by atoms with Crippen molar-refractivity contribution in [1.82, 2.24) is 0 Å². The normalized spacial score (nSPS) is 46.7. The zero-order valence-corrected chi connectivity index (χ0v) is 17.1. The highest BCUT2D eigenvalue weighted by Crippen LogP contribution is 2.66. The molecule has 0 aromatic carbocycles. The maximum atomic E-state index is 13.4. The number of carbonyl (C=O) groups excluding carboxylic acids is 1. The Morgan fingerprint density at radius 3 is 2.77 bits per heavy atom. The summed E-state index contributed by atoms with van der Waals surface area (Å²) in [7, 11) is 0. The Balaban J connectivity index is 1.47. The molecule has 1 aromatic heterocycles. The van der Waals surface area contributed by atoms with Crippen molar-refractivity contribution in [2.24, 2.45) is 34.5 Å². The first-order valence-electron chi connectivity index (χ1n) is 10.8. The summed E-state index contributed by atoms with van der Waals surface area (Å²) in [5, 5.41) is 2.11. The van der Waals surface area contributed by atoms with Crippen LogP contribution in [0.3, 0.4) is 0 Å². The number of hydrogen-bond acceptors (Lipinski definition) is 2. The third-order valence-corrected chi connectivity index (χ3v) is 9.90. The van der Waals surface area contributed by atoms with Crippen molar-refractivity contribution in [2.75, 3.05) is 0 Å². The molecule has 0 radical (unpaired) electrons. The van der Waals surface area contributed by atoms with Gasteiger partial charge < -0.3 is 0 Å². The fraction of sp³-hybridized carbons (Fsp3) is 0.708. The molecule has 6 atom stereocenters. The highest BCUT2D eigenvalue weighted by molar-refractivity contribution is 7.10. The van der Waals surface area contributed by atoms with E-state index in [4.69, 9.17) is 0 Å². The van der Waals surface area contributed by atoms with Crippen LogP contribution in [-0.4, -0.2) is 5.78 Å². The van der Waals surface area contributed by atoms with Crippen molar-refractivity contribution in [3.8, 4) is 0 Å². The Labute approximate surface area is 162 Å². The van der Waals surface area contributed by atoms with Crippen LogP contribution in [0.25, 0.3) is 6.08 Å². The predicted octanol–water partition coefficient (Wildman–Crippen LogP) is 6.74. The second-order valence-corrected chi connectivity index (χ2v) is 11.1. The van der Waals surface area contributed by atoms with Gasteiger partial charge in [-0.3, -0.25) is 4.79 Å². The lowest BCUT2D eigenvalue weighted by atomic mass is 9.45. The number of rotatable bonds is 1. The highest BCUT2D eigenvalue weighted by atomic mass is 32.1. The first kappa shape index (κ1) is 17.2. The molecule has 3 unspecified atom stereocenters. The van der Waals surface area contributed by atoms with E-state index in [1.54, 1.807) is 11.3 Å². The summed E-state index contributed by atoms with van der Waals surface area (Å²) in [6.07, 6.45) is 14.2. The van der Waals surface area contributed by atoms with E-state index in [9.17, 15) is 4.79 Å². The lowest BCUT2D eigenvalue weighted by molar-refractivity contribution is -0.137. The van der Waals surface area contributed by atoms with Crippen LogP contribution >= 0.6 is 11.3 Å². The molecule has 140 valence electrons. The molecule has 4 aliphatic carbocycles. The number of fused-ring (bicyclic) bond motifs is 5. The van der Waals surface area contributed by atoms with E-state index in [0.717, 1.165) is 36.2 Å². The van der Waals surface area contributed by atoms with Gasteiger partial charge in [0.1, 0.15) is 0 Å². The quantitative estimate of drug-likeness (QED) is 0.501. The van der Waals surface area contributed by atoms with Gasteiger partial charge in [0.25, 0.3) is 0 Å². The number of hydrogen-bond donors (Lipinski definition) is 0. The molecule has 1 nitrogen and oxygen atoms in total. The Bertz CT molecular complexity index is 731. The van der Waals surface area contributed by atoms with E-state index in [1.807, 2.05) is 0 Å². The molecule has 4 saturated carbocycles. The zero-order valence-electron chi connectivity index (χ0n) is 16.3. The molecule has 4 fully saturated rings. The predicted molar refractivity (Wildman–Crippen MR) is 109 cm³/mol. The molecule has 26 heavy (non-hydrogen) atoms. The summed E-state index contributed by atoms with van der Waals surface area (Å²) in [6.45, 7) is 4.93. The van der Waals surface area contributed by atoms with Gasteiger partial charge in [0.05, 0.1) is 0 Å². The molecule has 1 aromatic rings. The minimum Gasteiger partial charge on any atom is -0.294 e. The monoisotopic (exact) mass is 368 g/mol. The van der Waals surface area contributed by atoms with Gasteiger partial charge in [0.2, 0.25) is 0 Å². The van der Waals surface area contributed by atoms with Crippen LogP contribution in [0, 0.1) is 34.5 Å². The maximum absolute atomic E-state index is 13.4. The second kappa shape index (κ2) is 6.06. The van der Waals surface area contributed by atoms with Crippen molar-refractivity contribution >= 4 is 23.2 Å². The summed E-state index contributed by atoms with van der Waals surface area (Å²) in [5.74, 6) is 3.69. The first-order chi connectivity index (χ1) is 12.5. The third kappa shape index (κ3) is 2.37. The van der Waals surface area contributed by atoms with Crippen LogP contribution in [0.1, 0.15) is 76.5 Å². The first-order valence-corrected chi connectivity index (χ1v) is 11.7. The zero-order chi connectivity index (χ0) is 17.9.